The maximum absolute atomic E-state index is 13.3. The van der Waals surface area contributed by atoms with E-state index in [9.17, 15) is 9.18 Å². The van der Waals surface area contributed by atoms with E-state index in [2.05, 4.69) is 11.4 Å². The number of benzene rings is 2. The molecule has 0 aliphatic rings. The van der Waals surface area contributed by atoms with Gasteiger partial charge in [0.2, 0.25) is 5.91 Å². The molecule has 3 nitrogen and oxygen atoms in total. The van der Waals surface area contributed by atoms with Gasteiger partial charge in [0.25, 0.3) is 0 Å². The number of hydrogen-bond acceptors (Lipinski definition) is 1. The number of carbonyl (C=O) groups is 1. The topological polar surface area (TPSA) is 34.0 Å². The molecule has 1 amide bonds. The molecule has 4 heteroatoms. The molecule has 24 heavy (non-hydrogen) atoms. The van der Waals surface area contributed by atoms with Crippen molar-refractivity contribution in [3.8, 4) is 0 Å². The number of aryl methyl sites for hydroxylation is 1. The first-order valence-electron chi connectivity index (χ1n) is 7.86. The van der Waals surface area contributed by atoms with Crippen molar-refractivity contribution in [3.63, 3.8) is 0 Å². The van der Waals surface area contributed by atoms with Crippen molar-refractivity contribution in [1.29, 1.82) is 0 Å². The van der Waals surface area contributed by atoms with Crippen LogP contribution in [0.15, 0.2) is 73.1 Å². The fourth-order valence-corrected chi connectivity index (χ4v) is 2.78. The fourth-order valence-electron chi connectivity index (χ4n) is 2.78. The van der Waals surface area contributed by atoms with Crippen molar-refractivity contribution in [1.82, 2.24) is 4.57 Å². The van der Waals surface area contributed by atoms with E-state index in [-0.39, 0.29) is 24.2 Å². The standard InChI is InChI=1S/C20H19FN2O/c1-15-6-4-7-16(12-15)19(23-10-2-3-11-23)14-20(24)22-18-9-5-8-17(21)13-18/h2-13,19H,14H2,1H3,(H,22,24)/t19-/m1/s1. The van der Waals surface area contributed by atoms with Gasteiger partial charge in [-0.2, -0.15) is 0 Å². The summed E-state index contributed by atoms with van der Waals surface area (Å²) in [6.07, 6.45) is 4.17. The van der Waals surface area contributed by atoms with Crippen molar-refractivity contribution >= 4 is 11.6 Å². The predicted molar refractivity (Wildman–Crippen MR) is 93.4 cm³/mol. The molecule has 1 N–H and O–H groups in total. The van der Waals surface area contributed by atoms with Crippen LogP contribution in [0.4, 0.5) is 10.1 Å². The summed E-state index contributed by atoms with van der Waals surface area (Å²) in [5.74, 6) is -0.519. The maximum Gasteiger partial charge on any atom is 0.226 e. The van der Waals surface area contributed by atoms with Crippen molar-refractivity contribution in [2.45, 2.75) is 19.4 Å². The molecule has 122 valence electrons. The number of carbonyl (C=O) groups excluding carboxylic acids is 1. The van der Waals surface area contributed by atoms with Crippen LogP contribution < -0.4 is 5.32 Å². The van der Waals surface area contributed by atoms with Gasteiger partial charge in [-0.05, 0) is 42.8 Å². The van der Waals surface area contributed by atoms with Gasteiger partial charge in [-0.25, -0.2) is 4.39 Å². The minimum atomic E-state index is -0.367. The van der Waals surface area contributed by atoms with Crippen LogP contribution in [-0.4, -0.2) is 10.5 Å². The Morgan fingerprint density at radius 2 is 1.83 bits per heavy atom. The zero-order valence-corrected chi connectivity index (χ0v) is 13.4. The van der Waals surface area contributed by atoms with Gasteiger partial charge in [0.15, 0.2) is 0 Å². The monoisotopic (exact) mass is 322 g/mol. The smallest absolute Gasteiger partial charge is 0.226 e. The number of halogens is 1. The Balaban J connectivity index is 1.80. The molecule has 0 radical (unpaired) electrons. The molecule has 0 spiro atoms. The molecule has 3 aromatic rings. The van der Waals surface area contributed by atoms with E-state index in [0.29, 0.717) is 5.69 Å². The lowest BCUT2D eigenvalue weighted by Gasteiger charge is -2.20. The Bertz CT molecular complexity index is 827. The molecule has 1 aromatic heterocycles. The first kappa shape index (κ1) is 16.0. The molecule has 0 aliphatic heterocycles. The molecule has 0 fully saturated rings. The molecule has 2 aromatic carbocycles. The Morgan fingerprint density at radius 3 is 2.54 bits per heavy atom. The van der Waals surface area contributed by atoms with Gasteiger partial charge in [0, 0.05) is 18.1 Å². The lowest BCUT2D eigenvalue weighted by molar-refractivity contribution is -0.116. The van der Waals surface area contributed by atoms with Gasteiger partial charge in [-0.3, -0.25) is 4.79 Å². The maximum atomic E-state index is 13.3. The number of anilines is 1. The Labute approximate surface area is 140 Å². The van der Waals surface area contributed by atoms with Gasteiger partial charge in [-0.15, -0.1) is 0 Å². The largest absolute Gasteiger partial charge is 0.346 e. The number of amides is 1. The SMILES string of the molecule is Cc1cccc([C@@H](CC(=O)Nc2cccc(F)c2)n2cccc2)c1. The van der Waals surface area contributed by atoms with Crippen LogP contribution in [0, 0.1) is 12.7 Å². The Kier molecular flexibility index (Phi) is 4.75. The van der Waals surface area contributed by atoms with Crippen LogP contribution in [0.5, 0.6) is 0 Å². The summed E-state index contributed by atoms with van der Waals surface area (Å²) in [5.41, 5.74) is 2.69. The highest BCUT2D eigenvalue weighted by Gasteiger charge is 2.17. The highest BCUT2D eigenvalue weighted by Crippen LogP contribution is 2.24. The third kappa shape index (κ3) is 3.90. The Morgan fingerprint density at radius 1 is 1.08 bits per heavy atom. The molecule has 3 rings (SSSR count). The van der Waals surface area contributed by atoms with Crippen molar-refractivity contribution in [2.24, 2.45) is 0 Å². The summed E-state index contributed by atoms with van der Waals surface area (Å²) in [6.45, 7) is 2.03. The van der Waals surface area contributed by atoms with E-state index in [1.807, 2.05) is 54.2 Å². The first-order valence-corrected chi connectivity index (χ1v) is 7.86. The van der Waals surface area contributed by atoms with Crippen LogP contribution in [0.1, 0.15) is 23.6 Å². The molecule has 0 aliphatic carbocycles. The summed E-state index contributed by atoms with van der Waals surface area (Å²) in [4.78, 5) is 12.4. The average Bonchev–Trinajstić information content (AvgIpc) is 3.07. The van der Waals surface area contributed by atoms with Crippen molar-refractivity contribution < 1.29 is 9.18 Å². The van der Waals surface area contributed by atoms with Gasteiger partial charge >= 0.3 is 0 Å². The fraction of sp³-hybridized carbons (Fsp3) is 0.150. The van der Waals surface area contributed by atoms with Crippen LogP contribution in [0.2, 0.25) is 0 Å². The zero-order valence-electron chi connectivity index (χ0n) is 13.4. The van der Waals surface area contributed by atoms with E-state index in [0.717, 1.165) is 11.1 Å². The zero-order chi connectivity index (χ0) is 16.9. The van der Waals surface area contributed by atoms with E-state index < -0.39 is 0 Å². The third-order valence-electron chi connectivity index (χ3n) is 3.90. The van der Waals surface area contributed by atoms with Crippen LogP contribution in [0.3, 0.4) is 0 Å². The molecule has 1 atom stereocenters. The van der Waals surface area contributed by atoms with E-state index in [1.54, 1.807) is 12.1 Å². The second-order valence-corrected chi connectivity index (χ2v) is 5.82. The average molecular weight is 322 g/mol. The number of aromatic nitrogens is 1. The van der Waals surface area contributed by atoms with Gasteiger partial charge in [0.1, 0.15) is 5.82 Å². The lowest BCUT2D eigenvalue weighted by Crippen LogP contribution is -2.19. The lowest BCUT2D eigenvalue weighted by atomic mass is 10.0. The second kappa shape index (κ2) is 7.13. The summed E-state index contributed by atoms with van der Waals surface area (Å²) < 4.78 is 15.3. The predicted octanol–water partition coefficient (Wildman–Crippen LogP) is 4.55. The first-order chi connectivity index (χ1) is 11.6. The molecular weight excluding hydrogens is 303 g/mol. The summed E-state index contributed by atoms with van der Waals surface area (Å²) in [6, 6.07) is 17.8. The van der Waals surface area contributed by atoms with Crippen molar-refractivity contribution in [3.05, 3.63) is 90.0 Å². The highest BCUT2D eigenvalue weighted by molar-refractivity contribution is 5.91. The highest BCUT2D eigenvalue weighted by atomic mass is 19.1. The quantitative estimate of drug-likeness (QED) is 0.734. The summed E-state index contributed by atoms with van der Waals surface area (Å²) >= 11 is 0. The molecule has 0 unspecified atom stereocenters. The molecule has 0 saturated carbocycles. The van der Waals surface area contributed by atoms with E-state index in [1.165, 1.54) is 12.1 Å². The molecule has 0 saturated heterocycles. The summed E-state index contributed by atoms with van der Waals surface area (Å²) in [7, 11) is 0. The van der Waals surface area contributed by atoms with E-state index in [4.69, 9.17) is 0 Å². The van der Waals surface area contributed by atoms with Crippen LogP contribution in [-0.2, 0) is 4.79 Å². The molecule has 0 bridgehead atoms. The van der Waals surface area contributed by atoms with Crippen LogP contribution >= 0.6 is 0 Å². The minimum Gasteiger partial charge on any atom is -0.346 e. The number of rotatable bonds is 5. The normalized spacial score (nSPS) is 11.9. The number of hydrogen-bond donors (Lipinski definition) is 1. The van der Waals surface area contributed by atoms with Gasteiger partial charge in [-0.1, -0.05) is 35.9 Å². The van der Waals surface area contributed by atoms with Crippen molar-refractivity contribution in [2.75, 3.05) is 5.32 Å². The van der Waals surface area contributed by atoms with Gasteiger partial charge in [0.05, 0.1) is 12.5 Å². The van der Waals surface area contributed by atoms with E-state index >= 15 is 0 Å². The minimum absolute atomic E-state index is 0.103. The van der Waals surface area contributed by atoms with Crippen LogP contribution in [0.25, 0.3) is 0 Å². The number of nitrogens with one attached hydrogen (secondary N) is 1. The molecular formula is C20H19FN2O. The second-order valence-electron chi connectivity index (χ2n) is 5.82. The van der Waals surface area contributed by atoms with Gasteiger partial charge < -0.3 is 9.88 Å². The summed E-state index contributed by atoms with van der Waals surface area (Å²) in [5, 5.41) is 2.77. The Hall–Kier alpha value is -2.88. The number of nitrogens with zero attached hydrogens (tertiary/aromatic N) is 1. The molecule has 1 heterocycles. The third-order valence-corrected chi connectivity index (χ3v) is 3.90.